The monoisotopic (exact) mass is 367 g/mol. The highest BCUT2D eigenvalue weighted by Gasteiger charge is 2.25. The number of urea groups is 1. The molecule has 0 aliphatic carbocycles. The zero-order valence-corrected chi connectivity index (χ0v) is 15.1. The zero-order valence-electron chi connectivity index (χ0n) is 15.1. The number of carbonyl (C=O) groups excluding carboxylic acids is 2. The number of hydrogen-bond donors (Lipinski definition) is 2. The number of benzene rings is 1. The van der Waals surface area contributed by atoms with Gasteiger partial charge in [-0.05, 0) is 37.3 Å². The maximum absolute atomic E-state index is 12.5. The predicted molar refractivity (Wildman–Crippen MR) is 99.6 cm³/mol. The summed E-state index contributed by atoms with van der Waals surface area (Å²) in [7, 11) is 0. The number of nitriles is 1. The van der Waals surface area contributed by atoms with E-state index in [9.17, 15) is 14.9 Å². The Morgan fingerprint density at radius 1 is 1.22 bits per heavy atom. The van der Waals surface area contributed by atoms with Crippen molar-refractivity contribution in [2.45, 2.75) is 6.92 Å². The molecule has 27 heavy (non-hydrogen) atoms. The van der Waals surface area contributed by atoms with Gasteiger partial charge in [-0.15, -0.1) is 0 Å². The average molecular weight is 367 g/mol. The fourth-order valence-corrected chi connectivity index (χ4v) is 2.93. The van der Waals surface area contributed by atoms with Gasteiger partial charge in [-0.25, -0.2) is 4.79 Å². The molecule has 1 aromatic heterocycles. The molecule has 3 rings (SSSR count). The molecular weight excluding hydrogens is 346 g/mol. The number of hydrogen-bond acceptors (Lipinski definition) is 4. The second-order valence-corrected chi connectivity index (χ2v) is 6.05. The second-order valence-electron chi connectivity index (χ2n) is 6.05. The van der Waals surface area contributed by atoms with Crippen LogP contribution in [0.4, 0.5) is 10.5 Å². The van der Waals surface area contributed by atoms with E-state index in [0.717, 1.165) is 0 Å². The molecule has 0 atom stereocenters. The van der Waals surface area contributed by atoms with Gasteiger partial charge in [-0.1, -0.05) is 0 Å². The Morgan fingerprint density at radius 3 is 2.59 bits per heavy atom. The third kappa shape index (κ3) is 4.20. The third-order valence-electron chi connectivity index (χ3n) is 4.33. The minimum Gasteiger partial charge on any atom is -0.492 e. The van der Waals surface area contributed by atoms with Gasteiger partial charge in [0.15, 0.2) is 0 Å². The maximum atomic E-state index is 12.5. The summed E-state index contributed by atoms with van der Waals surface area (Å²) in [6.07, 6.45) is 1.71. The van der Waals surface area contributed by atoms with Crippen molar-refractivity contribution in [1.82, 2.24) is 14.8 Å². The SMILES string of the molecule is CCOc1ccc(NC(=O)N2CCN(C(=O)c3ccc[nH]3)CC2)cc1C#N. The number of nitrogens with zero attached hydrogens (tertiary/aromatic N) is 3. The molecule has 1 aromatic carbocycles. The zero-order chi connectivity index (χ0) is 19.2. The highest BCUT2D eigenvalue weighted by atomic mass is 16.5. The van der Waals surface area contributed by atoms with Crippen molar-refractivity contribution in [3.8, 4) is 11.8 Å². The van der Waals surface area contributed by atoms with E-state index < -0.39 is 0 Å². The normalized spacial score (nSPS) is 13.8. The van der Waals surface area contributed by atoms with Crippen LogP contribution < -0.4 is 10.1 Å². The quantitative estimate of drug-likeness (QED) is 0.865. The van der Waals surface area contributed by atoms with Crippen molar-refractivity contribution in [2.75, 3.05) is 38.1 Å². The standard InChI is InChI=1S/C19H21N5O3/c1-2-27-17-6-5-15(12-14(17)13-20)22-19(26)24-10-8-23(9-11-24)18(25)16-4-3-7-21-16/h3-7,12,21H,2,8-11H2,1H3,(H,22,26). The summed E-state index contributed by atoms with van der Waals surface area (Å²) >= 11 is 0. The minimum atomic E-state index is -0.255. The molecular formula is C19H21N5O3. The first kappa shape index (κ1) is 18.3. The molecule has 2 heterocycles. The van der Waals surface area contributed by atoms with Crippen LogP contribution in [-0.4, -0.2) is 59.5 Å². The second kappa shape index (κ2) is 8.27. The van der Waals surface area contributed by atoms with E-state index in [2.05, 4.69) is 16.4 Å². The van der Waals surface area contributed by atoms with Gasteiger partial charge >= 0.3 is 6.03 Å². The van der Waals surface area contributed by atoms with E-state index in [1.54, 1.807) is 46.3 Å². The highest BCUT2D eigenvalue weighted by molar-refractivity contribution is 5.93. The molecule has 8 heteroatoms. The van der Waals surface area contributed by atoms with E-state index in [4.69, 9.17) is 4.74 Å². The van der Waals surface area contributed by atoms with Crippen LogP contribution in [0.3, 0.4) is 0 Å². The summed E-state index contributed by atoms with van der Waals surface area (Å²) in [4.78, 5) is 31.1. The lowest BCUT2D eigenvalue weighted by Crippen LogP contribution is -2.51. The molecule has 0 radical (unpaired) electrons. The summed E-state index contributed by atoms with van der Waals surface area (Å²) in [6.45, 7) is 4.14. The van der Waals surface area contributed by atoms with Crippen molar-refractivity contribution in [3.05, 3.63) is 47.8 Å². The number of H-pyrrole nitrogens is 1. The summed E-state index contributed by atoms with van der Waals surface area (Å²) in [5, 5.41) is 12.0. The number of piperazine rings is 1. The molecule has 1 aliphatic rings. The van der Waals surface area contributed by atoms with Crippen molar-refractivity contribution < 1.29 is 14.3 Å². The molecule has 0 spiro atoms. The summed E-state index contributed by atoms with van der Waals surface area (Å²) < 4.78 is 5.38. The predicted octanol–water partition coefficient (Wildman–Crippen LogP) is 2.27. The molecule has 0 saturated carbocycles. The van der Waals surface area contributed by atoms with Crippen molar-refractivity contribution in [2.24, 2.45) is 0 Å². The number of carbonyl (C=O) groups is 2. The van der Waals surface area contributed by atoms with Crippen molar-refractivity contribution >= 4 is 17.6 Å². The molecule has 2 aromatic rings. The smallest absolute Gasteiger partial charge is 0.321 e. The van der Waals surface area contributed by atoms with E-state index in [-0.39, 0.29) is 11.9 Å². The van der Waals surface area contributed by atoms with Gasteiger partial charge in [0.2, 0.25) is 0 Å². The molecule has 2 N–H and O–H groups in total. The number of nitrogens with one attached hydrogen (secondary N) is 2. The van der Waals surface area contributed by atoms with Crippen LogP contribution in [0.2, 0.25) is 0 Å². The van der Waals surface area contributed by atoms with E-state index in [1.807, 2.05) is 6.92 Å². The van der Waals surface area contributed by atoms with Gasteiger partial charge in [-0.2, -0.15) is 5.26 Å². The third-order valence-corrected chi connectivity index (χ3v) is 4.33. The topological polar surface area (TPSA) is 101 Å². The number of aromatic nitrogens is 1. The molecule has 0 unspecified atom stereocenters. The molecule has 1 saturated heterocycles. The van der Waals surface area contributed by atoms with Crippen molar-refractivity contribution in [1.29, 1.82) is 5.26 Å². The van der Waals surface area contributed by atoms with Crippen LogP contribution in [0.1, 0.15) is 23.0 Å². The lowest BCUT2D eigenvalue weighted by Gasteiger charge is -2.34. The van der Waals surface area contributed by atoms with Gasteiger partial charge in [0.1, 0.15) is 17.5 Å². The number of anilines is 1. The fourth-order valence-electron chi connectivity index (χ4n) is 2.93. The lowest BCUT2D eigenvalue weighted by atomic mass is 10.2. The Labute approximate surface area is 157 Å². The maximum Gasteiger partial charge on any atom is 0.321 e. The van der Waals surface area contributed by atoms with Crippen LogP contribution in [0.15, 0.2) is 36.5 Å². The van der Waals surface area contributed by atoms with Gasteiger partial charge in [-0.3, -0.25) is 4.79 Å². The molecule has 140 valence electrons. The Kier molecular flexibility index (Phi) is 5.61. The number of rotatable bonds is 4. The number of aromatic amines is 1. The first-order chi connectivity index (χ1) is 13.1. The highest BCUT2D eigenvalue weighted by Crippen LogP contribution is 2.22. The largest absolute Gasteiger partial charge is 0.492 e. The van der Waals surface area contributed by atoms with Crippen molar-refractivity contribution in [3.63, 3.8) is 0 Å². The first-order valence-corrected chi connectivity index (χ1v) is 8.78. The van der Waals surface area contributed by atoms with Gasteiger partial charge < -0.3 is 24.8 Å². The van der Waals surface area contributed by atoms with Gasteiger partial charge in [0.25, 0.3) is 5.91 Å². The minimum absolute atomic E-state index is 0.0646. The fraction of sp³-hybridized carbons (Fsp3) is 0.316. The van der Waals surface area contributed by atoms with E-state index in [1.165, 1.54) is 0 Å². The van der Waals surface area contributed by atoms with Gasteiger partial charge in [0.05, 0.1) is 12.2 Å². The number of ether oxygens (including phenoxy) is 1. The Morgan fingerprint density at radius 2 is 1.96 bits per heavy atom. The Bertz CT molecular complexity index is 849. The van der Waals surface area contributed by atoms with Crippen LogP contribution >= 0.6 is 0 Å². The molecule has 1 fully saturated rings. The number of amides is 3. The average Bonchev–Trinajstić information content (AvgIpc) is 3.23. The summed E-state index contributed by atoms with van der Waals surface area (Å²) in [5.41, 5.74) is 1.45. The molecule has 3 amide bonds. The van der Waals surface area contributed by atoms with Gasteiger partial charge in [0, 0.05) is 38.1 Å². The Hall–Kier alpha value is -3.47. The first-order valence-electron chi connectivity index (χ1n) is 8.78. The van der Waals surface area contributed by atoms with Crippen LogP contribution in [-0.2, 0) is 0 Å². The Balaban J connectivity index is 1.57. The van der Waals surface area contributed by atoms with E-state index in [0.29, 0.717) is 55.5 Å². The molecule has 8 nitrogen and oxygen atoms in total. The van der Waals surface area contributed by atoms with Crippen LogP contribution in [0.25, 0.3) is 0 Å². The summed E-state index contributed by atoms with van der Waals surface area (Å²) in [5.74, 6) is 0.430. The lowest BCUT2D eigenvalue weighted by molar-refractivity contribution is 0.0666. The summed E-state index contributed by atoms with van der Waals surface area (Å²) in [6, 6.07) is 10.3. The van der Waals surface area contributed by atoms with Crippen LogP contribution in [0.5, 0.6) is 5.75 Å². The van der Waals surface area contributed by atoms with E-state index >= 15 is 0 Å². The molecule has 0 bridgehead atoms. The van der Waals surface area contributed by atoms with Crippen LogP contribution in [0, 0.1) is 11.3 Å². The molecule has 1 aliphatic heterocycles.